The molecule has 2 aromatic carbocycles. The smallest absolute Gasteiger partial charge is 0.326 e. The number of nitrogens with one attached hydrogen (secondary N) is 1. The van der Waals surface area contributed by atoms with E-state index in [9.17, 15) is 19.5 Å². The summed E-state index contributed by atoms with van der Waals surface area (Å²) in [5.41, 5.74) is 2.43. The molecule has 2 rings (SSSR count). The Labute approximate surface area is 186 Å². The lowest BCUT2D eigenvalue weighted by molar-refractivity contribution is -0.139. The first-order valence-electron chi connectivity index (χ1n) is 10.0. The third-order valence-corrected chi connectivity index (χ3v) is 4.88. The fraction of sp³-hybridized carbons (Fsp3) is 0.348. The maximum absolute atomic E-state index is 12.8. The maximum Gasteiger partial charge on any atom is 0.326 e. The van der Waals surface area contributed by atoms with Crippen molar-refractivity contribution in [2.75, 3.05) is 13.1 Å². The van der Waals surface area contributed by atoms with Crippen molar-refractivity contribution in [3.05, 3.63) is 59.1 Å². The highest BCUT2D eigenvalue weighted by Gasteiger charge is 2.25. The quantitative estimate of drug-likeness (QED) is 0.508. The molecule has 1 atom stereocenters. The van der Waals surface area contributed by atoms with Crippen molar-refractivity contribution in [3.8, 4) is 11.1 Å². The zero-order chi connectivity index (χ0) is 23.0. The number of nitrogens with zero attached hydrogens (tertiary/aromatic N) is 1. The van der Waals surface area contributed by atoms with Gasteiger partial charge in [-0.05, 0) is 34.7 Å². The van der Waals surface area contributed by atoms with Gasteiger partial charge in [-0.25, -0.2) is 9.59 Å². The van der Waals surface area contributed by atoms with E-state index in [4.69, 9.17) is 16.7 Å². The summed E-state index contributed by atoms with van der Waals surface area (Å²) in [6.45, 7) is 4.11. The van der Waals surface area contributed by atoms with Crippen molar-refractivity contribution in [1.82, 2.24) is 10.2 Å². The average Bonchev–Trinajstić information content (AvgIpc) is 2.70. The molecular formula is C23H27ClN2O5. The molecule has 0 unspecified atom stereocenters. The number of hydrogen-bond acceptors (Lipinski definition) is 3. The standard InChI is InChI=1S/C23H27ClN2O5/c1-15(2)14-26(11-10-21(27)28)23(31)25-20(22(29)30)13-17-12-18(24)8-9-19(17)16-6-4-3-5-7-16/h3-9,12,15,20H,10-11,13-14H2,1-2H3,(H,25,31)(H,27,28)(H,29,30)/t20-/m0/s1. The molecular weight excluding hydrogens is 420 g/mol. The number of carboxylic acids is 2. The van der Waals surface area contributed by atoms with Gasteiger partial charge in [0.05, 0.1) is 6.42 Å². The molecule has 0 radical (unpaired) electrons. The van der Waals surface area contributed by atoms with E-state index in [2.05, 4.69) is 5.32 Å². The van der Waals surface area contributed by atoms with Crippen LogP contribution in [0.25, 0.3) is 11.1 Å². The molecule has 8 heteroatoms. The minimum absolute atomic E-state index is 0.00187. The average molecular weight is 447 g/mol. The molecule has 0 aliphatic rings. The van der Waals surface area contributed by atoms with Gasteiger partial charge in [0.2, 0.25) is 0 Å². The second-order valence-electron chi connectivity index (χ2n) is 7.70. The van der Waals surface area contributed by atoms with Crippen LogP contribution in [-0.2, 0) is 16.0 Å². The Bertz CT molecular complexity index is 917. The van der Waals surface area contributed by atoms with Crippen LogP contribution >= 0.6 is 11.6 Å². The second kappa shape index (κ2) is 11.4. The molecule has 0 aliphatic heterocycles. The van der Waals surface area contributed by atoms with Gasteiger partial charge in [-0.2, -0.15) is 0 Å². The number of rotatable bonds is 10. The molecule has 2 aromatic rings. The Morgan fingerprint density at radius 1 is 1.06 bits per heavy atom. The predicted molar refractivity (Wildman–Crippen MR) is 119 cm³/mol. The van der Waals surface area contributed by atoms with Crippen molar-refractivity contribution < 1.29 is 24.6 Å². The Hall–Kier alpha value is -3.06. The van der Waals surface area contributed by atoms with Crippen LogP contribution in [0, 0.1) is 5.92 Å². The number of hydrogen-bond donors (Lipinski definition) is 3. The minimum Gasteiger partial charge on any atom is -0.481 e. The summed E-state index contributed by atoms with van der Waals surface area (Å²) in [7, 11) is 0. The lowest BCUT2D eigenvalue weighted by Gasteiger charge is -2.26. The molecule has 0 fully saturated rings. The zero-order valence-electron chi connectivity index (χ0n) is 17.5. The number of aliphatic carboxylic acids is 2. The van der Waals surface area contributed by atoms with E-state index in [1.807, 2.05) is 50.2 Å². The van der Waals surface area contributed by atoms with E-state index in [-0.39, 0.29) is 25.3 Å². The third-order valence-electron chi connectivity index (χ3n) is 4.64. The van der Waals surface area contributed by atoms with E-state index >= 15 is 0 Å². The highest BCUT2D eigenvalue weighted by Crippen LogP contribution is 2.27. The van der Waals surface area contributed by atoms with Crippen molar-refractivity contribution in [3.63, 3.8) is 0 Å². The fourth-order valence-electron chi connectivity index (χ4n) is 3.24. The minimum atomic E-state index is -1.20. The Balaban J connectivity index is 2.25. The van der Waals surface area contributed by atoms with Gasteiger partial charge in [-0.1, -0.05) is 61.8 Å². The molecule has 0 bridgehead atoms. The van der Waals surface area contributed by atoms with Crippen molar-refractivity contribution in [1.29, 1.82) is 0 Å². The van der Waals surface area contributed by atoms with E-state index in [0.717, 1.165) is 11.1 Å². The SMILES string of the molecule is CC(C)CN(CCC(=O)O)C(=O)N[C@@H](Cc1cc(Cl)ccc1-c1ccccc1)C(=O)O. The summed E-state index contributed by atoms with van der Waals surface area (Å²) in [6, 6.07) is 12.9. The lowest BCUT2D eigenvalue weighted by Crippen LogP contribution is -2.50. The van der Waals surface area contributed by atoms with Gasteiger partial charge in [0.25, 0.3) is 0 Å². The van der Waals surface area contributed by atoms with Gasteiger partial charge in [-0.15, -0.1) is 0 Å². The summed E-state index contributed by atoms with van der Waals surface area (Å²) < 4.78 is 0. The number of amides is 2. The summed E-state index contributed by atoms with van der Waals surface area (Å²) in [4.78, 5) is 36.9. The van der Waals surface area contributed by atoms with Crippen LogP contribution < -0.4 is 5.32 Å². The van der Waals surface area contributed by atoms with E-state index < -0.39 is 24.0 Å². The number of carbonyl (C=O) groups excluding carboxylic acids is 1. The first kappa shape index (κ1) is 24.2. The summed E-state index contributed by atoms with van der Waals surface area (Å²) in [5, 5.41) is 21.7. The van der Waals surface area contributed by atoms with Crippen LogP contribution in [0.5, 0.6) is 0 Å². The monoisotopic (exact) mass is 446 g/mol. The van der Waals surface area contributed by atoms with Crippen molar-refractivity contribution in [2.24, 2.45) is 5.92 Å². The van der Waals surface area contributed by atoms with Gasteiger partial charge in [-0.3, -0.25) is 4.79 Å². The fourth-order valence-corrected chi connectivity index (χ4v) is 3.43. The molecule has 7 nitrogen and oxygen atoms in total. The number of benzene rings is 2. The molecule has 0 saturated heterocycles. The van der Waals surface area contributed by atoms with Crippen molar-refractivity contribution >= 4 is 29.6 Å². The first-order chi connectivity index (χ1) is 14.7. The van der Waals surface area contributed by atoms with Crippen LogP contribution in [-0.4, -0.2) is 52.2 Å². The van der Waals surface area contributed by atoms with E-state index in [1.54, 1.807) is 12.1 Å². The number of carboxylic acid groups (broad SMARTS) is 2. The summed E-state index contributed by atoms with van der Waals surface area (Å²) >= 11 is 6.15. The van der Waals surface area contributed by atoms with Crippen LogP contribution in [0.3, 0.4) is 0 Å². The molecule has 0 aliphatic carbocycles. The number of carbonyl (C=O) groups is 3. The van der Waals surface area contributed by atoms with E-state index in [0.29, 0.717) is 17.1 Å². The highest BCUT2D eigenvalue weighted by atomic mass is 35.5. The van der Waals surface area contributed by atoms with Crippen LogP contribution in [0.2, 0.25) is 5.02 Å². The van der Waals surface area contributed by atoms with E-state index in [1.165, 1.54) is 4.90 Å². The maximum atomic E-state index is 12.8. The van der Waals surface area contributed by atoms with Crippen LogP contribution in [0.4, 0.5) is 4.79 Å². The highest BCUT2D eigenvalue weighted by molar-refractivity contribution is 6.30. The van der Waals surface area contributed by atoms with Crippen LogP contribution in [0.1, 0.15) is 25.8 Å². The van der Waals surface area contributed by atoms with Gasteiger partial charge < -0.3 is 20.4 Å². The molecule has 3 N–H and O–H groups in total. The van der Waals surface area contributed by atoms with Gasteiger partial charge in [0, 0.05) is 24.5 Å². The van der Waals surface area contributed by atoms with Crippen molar-refractivity contribution in [2.45, 2.75) is 32.7 Å². The molecule has 0 heterocycles. The molecule has 0 saturated carbocycles. The predicted octanol–water partition coefficient (Wildman–Crippen LogP) is 4.15. The third kappa shape index (κ3) is 7.61. The molecule has 31 heavy (non-hydrogen) atoms. The topological polar surface area (TPSA) is 107 Å². The molecule has 166 valence electrons. The summed E-state index contributed by atoms with van der Waals surface area (Å²) in [5.74, 6) is -2.11. The first-order valence-corrected chi connectivity index (χ1v) is 10.4. The van der Waals surface area contributed by atoms with Gasteiger partial charge in [0.15, 0.2) is 0 Å². The number of urea groups is 1. The lowest BCUT2D eigenvalue weighted by atomic mass is 9.95. The van der Waals surface area contributed by atoms with Gasteiger partial charge in [0.1, 0.15) is 6.04 Å². The molecule has 2 amide bonds. The summed E-state index contributed by atoms with van der Waals surface area (Å²) in [6.07, 6.45) is -0.190. The Kier molecular flexibility index (Phi) is 8.88. The van der Waals surface area contributed by atoms with Crippen LogP contribution in [0.15, 0.2) is 48.5 Å². The zero-order valence-corrected chi connectivity index (χ0v) is 18.3. The largest absolute Gasteiger partial charge is 0.481 e. The Morgan fingerprint density at radius 3 is 2.32 bits per heavy atom. The number of halogens is 1. The molecule has 0 aromatic heterocycles. The second-order valence-corrected chi connectivity index (χ2v) is 8.13. The molecule has 0 spiro atoms. The normalized spacial score (nSPS) is 11.7. The Morgan fingerprint density at radius 2 is 1.74 bits per heavy atom. The van der Waals surface area contributed by atoms with Gasteiger partial charge >= 0.3 is 18.0 Å².